The first-order valence-corrected chi connectivity index (χ1v) is 13.0. The monoisotopic (exact) mass is 384 g/mol. The van der Waals surface area contributed by atoms with Gasteiger partial charge in [-0.2, -0.15) is 0 Å². The Hall–Kier alpha value is -0.260. The van der Waals surface area contributed by atoms with Crippen LogP contribution in [0, 0.1) is 46.3 Å². The standard InChI is InChI=1S/C28H48/c1-19(2)9-7-10-20(3)24-14-15-25-22-12-13-23-21(4)11-8-17-27(23,5)26(22)16-18-28(24,25)6/h19-20,22,24-26H,7-18H2,1-6H3/t20-,22+,24-,25+,26+,27+,28-/m1/s1. The number of allylic oxidation sites excluding steroid dienone is 2. The molecular formula is C28H48. The van der Waals surface area contributed by atoms with Crippen LogP contribution in [-0.4, -0.2) is 0 Å². The van der Waals surface area contributed by atoms with Crippen molar-refractivity contribution >= 4 is 0 Å². The van der Waals surface area contributed by atoms with Gasteiger partial charge in [-0.1, -0.05) is 65.0 Å². The second kappa shape index (κ2) is 7.77. The first-order valence-electron chi connectivity index (χ1n) is 13.0. The van der Waals surface area contributed by atoms with Crippen molar-refractivity contribution in [2.75, 3.05) is 0 Å². The summed E-state index contributed by atoms with van der Waals surface area (Å²) in [6.07, 6.45) is 17.8. The molecule has 3 fully saturated rings. The third-order valence-electron chi connectivity index (χ3n) is 10.6. The fourth-order valence-corrected chi connectivity index (χ4v) is 9.23. The zero-order valence-electron chi connectivity index (χ0n) is 19.9. The van der Waals surface area contributed by atoms with Crippen LogP contribution in [0.25, 0.3) is 0 Å². The lowest BCUT2D eigenvalue weighted by atomic mass is 9.46. The number of hydrogen-bond acceptors (Lipinski definition) is 0. The summed E-state index contributed by atoms with van der Waals surface area (Å²) in [5.74, 6) is 5.88. The summed E-state index contributed by atoms with van der Waals surface area (Å²) in [6, 6.07) is 0. The molecule has 0 spiro atoms. The number of rotatable bonds is 5. The first kappa shape index (κ1) is 21.0. The highest BCUT2D eigenvalue weighted by Crippen LogP contribution is 2.68. The Morgan fingerprint density at radius 2 is 1.68 bits per heavy atom. The van der Waals surface area contributed by atoms with E-state index in [1.165, 1.54) is 70.6 Å². The molecule has 0 N–H and O–H groups in total. The average Bonchev–Trinajstić information content (AvgIpc) is 2.98. The summed E-state index contributed by atoms with van der Waals surface area (Å²) in [5, 5.41) is 0. The topological polar surface area (TPSA) is 0 Å². The second-order valence-corrected chi connectivity index (χ2v) is 12.5. The smallest absolute Gasteiger partial charge is 0.00827 e. The van der Waals surface area contributed by atoms with Crippen LogP contribution >= 0.6 is 0 Å². The SMILES string of the molecule is CC1=C2CC[C@H]3[C@@H]4CC[C@H]([C@H](C)CCCC(C)C)[C@@]4(C)CC[C@@H]3[C@@]2(C)CCC1. The van der Waals surface area contributed by atoms with E-state index in [0.717, 1.165) is 35.5 Å². The molecule has 0 nitrogen and oxygen atoms in total. The molecule has 0 amide bonds. The van der Waals surface area contributed by atoms with Crippen LogP contribution in [0.15, 0.2) is 11.1 Å². The van der Waals surface area contributed by atoms with Crippen molar-refractivity contribution in [3.8, 4) is 0 Å². The fourth-order valence-electron chi connectivity index (χ4n) is 9.23. The van der Waals surface area contributed by atoms with Crippen molar-refractivity contribution in [3.05, 3.63) is 11.1 Å². The maximum Gasteiger partial charge on any atom is -0.00827 e. The van der Waals surface area contributed by atoms with Crippen LogP contribution in [0.4, 0.5) is 0 Å². The summed E-state index contributed by atoms with van der Waals surface area (Å²) in [4.78, 5) is 0. The van der Waals surface area contributed by atoms with Crippen molar-refractivity contribution in [1.29, 1.82) is 0 Å². The lowest BCUT2D eigenvalue weighted by Gasteiger charge is -2.59. The van der Waals surface area contributed by atoms with Crippen molar-refractivity contribution in [3.63, 3.8) is 0 Å². The molecule has 0 saturated heterocycles. The van der Waals surface area contributed by atoms with Gasteiger partial charge in [-0.3, -0.25) is 0 Å². The molecular weight excluding hydrogens is 336 g/mol. The molecule has 0 aliphatic heterocycles. The predicted octanol–water partition coefficient (Wildman–Crippen LogP) is 8.81. The summed E-state index contributed by atoms with van der Waals surface area (Å²) in [7, 11) is 0. The lowest BCUT2D eigenvalue weighted by molar-refractivity contribution is -0.0598. The van der Waals surface area contributed by atoms with Gasteiger partial charge in [0.2, 0.25) is 0 Å². The largest absolute Gasteiger partial charge is 0.0736 e. The fraction of sp³-hybridized carbons (Fsp3) is 0.929. The number of hydrogen-bond donors (Lipinski definition) is 0. The van der Waals surface area contributed by atoms with E-state index < -0.39 is 0 Å². The molecule has 0 bridgehead atoms. The molecule has 4 rings (SSSR count). The number of fused-ring (bicyclic) bond motifs is 5. The molecule has 0 aromatic heterocycles. The summed E-state index contributed by atoms with van der Waals surface area (Å²) >= 11 is 0. The Balaban J connectivity index is 1.50. The average molecular weight is 385 g/mol. The summed E-state index contributed by atoms with van der Waals surface area (Å²) < 4.78 is 0. The molecule has 0 heteroatoms. The Labute approximate surface area is 176 Å². The molecule has 0 heterocycles. The zero-order valence-corrected chi connectivity index (χ0v) is 19.9. The predicted molar refractivity (Wildman–Crippen MR) is 122 cm³/mol. The van der Waals surface area contributed by atoms with Crippen LogP contribution in [-0.2, 0) is 0 Å². The van der Waals surface area contributed by atoms with Crippen LogP contribution in [0.1, 0.15) is 119 Å². The van der Waals surface area contributed by atoms with E-state index in [4.69, 9.17) is 0 Å². The summed E-state index contributed by atoms with van der Waals surface area (Å²) in [5.41, 5.74) is 4.91. The van der Waals surface area contributed by atoms with Crippen LogP contribution < -0.4 is 0 Å². The van der Waals surface area contributed by atoms with E-state index in [9.17, 15) is 0 Å². The van der Waals surface area contributed by atoms with Gasteiger partial charge < -0.3 is 0 Å². The molecule has 4 aliphatic rings. The zero-order chi connectivity index (χ0) is 20.1. The van der Waals surface area contributed by atoms with Gasteiger partial charge >= 0.3 is 0 Å². The van der Waals surface area contributed by atoms with Crippen LogP contribution in [0.5, 0.6) is 0 Å². The summed E-state index contributed by atoms with van der Waals surface area (Å²) in [6.45, 7) is 15.3. The van der Waals surface area contributed by atoms with E-state index in [0.29, 0.717) is 10.8 Å². The van der Waals surface area contributed by atoms with E-state index in [1.807, 2.05) is 5.57 Å². The van der Waals surface area contributed by atoms with Gasteiger partial charge in [-0.15, -0.1) is 0 Å². The van der Waals surface area contributed by atoms with E-state index in [1.54, 1.807) is 12.0 Å². The Bertz CT molecular complexity index is 597. The van der Waals surface area contributed by atoms with Gasteiger partial charge in [0.05, 0.1) is 0 Å². The van der Waals surface area contributed by atoms with Crippen LogP contribution in [0.3, 0.4) is 0 Å². The van der Waals surface area contributed by atoms with Crippen molar-refractivity contribution in [2.45, 2.75) is 119 Å². The van der Waals surface area contributed by atoms with E-state index >= 15 is 0 Å². The lowest BCUT2D eigenvalue weighted by Crippen LogP contribution is -2.50. The molecule has 0 aromatic rings. The molecule has 4 aliphatic carbocycles. The van der Waals surface area contributed by atoms with Gasteiger partial charge in [0, 0.05) is 0 Å². The third kappa shape index (κ3) is 3.33. The van der Waals surface area contributed by atoms with Crippen molar-refractivity contribution < 1.29 is 0 Å². The quantitative estimate of drug-likeness (QED) is 0.415. The van der Waals surface area contributed by atoms with Gasteiger partial charge in [0.1, 0.15) is 0 Å². The Kier molecular flexibility index (Phi) is 5.83. The normalized spacial score (nSPS) is 44.2. The Morgan fingerprint density at radius 1 is 0.893 bits per heavy atom. The van der Waals surface area contributed by atoms with Crippen LogP contribution in [0.2, 0.25) is 0 Å². The van der Waals surface area contributed by atoms with Gasteiger partial charge in [-0.25, -0.2) is 0 Å². The van der Waals surface area contributed by atoms with Gasteiger partial charge in [0.25, 0.3) is 0 Å². The second-order valence-electron chi connectivity index (χ2n) is 12.5. The third-order valence-corrected chi connectivity index (χ3v) is 10.6. The minimum Gasteiger partial charge on any atom is -0.0736 e. The van der Waals surface area contributed by atoms with Crippen molar-refractivity contribution in [1.82, 2.24) is 0 Å². The highest BCUT2D eigenvalue weighted by Gasteiger charge is 2.59. The molecule has 0 radical (unpaired) electrons. The molecule has 0 aromatic carbocycles. The minimum absolute atomic E-state index is 0.563. The first-order chi connectivity index (χ1) is 13.3. The van der Waals surface area contributed by atoms with E-state index in [2.05, 4.69) is 41.5 Å². The van der Waals surface area contributed by atoms with Gasteiger partial charge in [-0.05, 0) is 111 Å². The van der Waals surface area contributed by atoms with Crippen molar-refractivity contribution in [2.24, 2.45) is 46.3 Å². The highest BCUT2D eigenvalue weighted by molar-refractivity contribution is 5.28. The molecule has 0 unspecified atom stereocenters. The molecule has 3 saturated carbocycles. The molecule has 28 heavy (non-hydrogen) atoms. The maximum atomic E-state index is 2.74. The highest BCUT2D eigenvalue weighted by atomic mass is 14.6. The Morgan fingerprint density at radius 3 is 2.43 bits per heavy atom. The van der Waals surface area contributed by atoms with E-state index in [-0.39, 0.29) is 0 Å². The van der Waals surface area contributed by atoms with Gasteiger partial charge in [0.15, 0.2) is 0 Å². The maximum absolute atomic E-state index is 2.74. The molecule has 160 valence electrons. The molecule has 7 atom stereocenters. The minimum atomic E-state index is 0.563.